The standard InChI is InChI=1S/C68H49N3O4/c72-61(74-47-22-3-1-4-23-47)35-37-66(52-29-13-10-26-49(52)63-55(66)39-44-19-7-16-32-58(44)69-63)42-68(54-31-15-12-28-51(54)65-57(68)41-46-21-9-18-34-60(46)71-65)43-67(38-36-62(73)75-48-24-5-2-6-25-48)53-30-14-11-27-50(53)64-56(67)40-45-20-8-17-33-59(45)70-64/h1-34,39-41H,35-38,42-43H2. The van der Waals surface area contributed by atoms with E-state index >= 15 is 0 Å². The van der Waals surface area contributed by atoms with Crippen molar-refractivity contribution in [2.75, 3.05) is 0 Å². The third kappa shape index (κ3) is 7.20. The Balaban J connectivity index is 1.05. The summed E-state index contributed by atoms with van der Waals surface area (Å²) in [6, 6.07) is 76.9. The molecule has 3 aromatic heterocycles. The highest BCUT2D eigenvalue weighted by Crippen LogP contribution is 2.66. The Morgan fingerprint density at radius 1 is 0.333 bits per heavy atom. The van der Waals surface area contributed by atoms with Crippen molar-refractivity contribution in [1.29, 1.82) is 0 Å². The monoisotopic (exact) mass is 971 g/mol. The highest BCUT2D eigenvalue weighted by molar-refractivity contribution is 5.93. The zero-order chi connectivity index (χ0) is 50.1. The number of ether oxygens (including phenoxy) is 2. The fraction of sp³-hybridized carbons (Fsp3) is 0.132. The Bertz CT molecular complexity index is 3900. The van der Waals surface area contributed by atoms with Crippen LogP contribution in [0.1, 0.15) is 71.9 Å². The van der Waals surface area contributed by atoms with Crippen LogP contribution in [0.2, 0.25) is 0 Å². The summed E-state index contributed by atoms with van der Waals surface area (Å²) < 4.78 is 12.3. The fourth-order valence-electron chi connectivity index (χ4n) is 13.4. The van der Waals surface area contributed by atoms with E-state index in [1.807, 2.05) is 72.8 Å². The molecule has 3 heterocycles. The SMILES string of the molecule is O=C(CCC1(CC2(CC3(CCC(=O)Oc4ccccc4)c4ccccc4-c4nc5ccccc5cc43)c3ccccc3-c3nc4ccccc4cc32)c2ccccc2-c2nc3ccccc3cc21)Oc1ccccc1. The molecule has 0 amide bonds. The average Bonchev–Trinajstić information content (AvgIpc) is 4.18. The molecule has 0 radical (unpaired) electrons. The molecule has 3 aliphatic rings. The van der Waals surface area contributed by atoms with Crippen molar-refractivity contribution < 1.29 is 19.1 Å². The number of hydrogen-bond acceptors (Lipinski definition) is 7. The number of esters is 2. The van der Waals surface area contributed by atoms with E-state index in [1.165, 1.54) is 0 Å². The molecular formula is C68H49N3O4. The van der Waals surface area contributed by atoms with Crippen molar-refractivity contribution in [3.05, 3.63) is 258 Å². The quantitative estimate of drug-likeness (QED) is 0.0889. The second kappa shape index (κ2) is 17.6. The van der Waals surface area contributed by atoms with Gasteiger partial charge in [-0.1, -0.05) is 164 Å². The van der Waals surface area contributed by atoms with Gasteiger partial charge in [0.05, 0.1) is 33.6 Å². The largest absolute Gasteiger partial charge is 0.427 e. The molecule has 7 heteroatoms. The summed E-state index contributed by atoms with van der Waals surface area (Å²) in [6.45, 7) is 0. The minimum atomic E-state index is -0.837. The van der Waals surface area contributed by atoms with E-state index in [9.17, 15) is 9.59 Å². The topological polar surface area (TPSA) is 91.3 Å². The number of aromatic nitrogens is 3. The van der Waals surface area contributed by atoms with Crippen LogP contribution in [0, 0.1) is 0 Å². The zero-order valence-corrected chi connectivity index (χ0v) is 41.1. The van der Waals surface area contributed by atoms with Gasteiger partial charge in [-0.3, -0.25) is 9.59 Å². The Morgan fingerprint density at radius 2 is 0.640 bits per heavy atom. The molecule has 2 atom stereocenters. The van der Waals surface area contributed by atoms with Crippen molar-refractivity contribution in [3.8, 4) is 45.3 Å². The number of benzene rings is 8. The molecule has 14 rings (SSSR count). The van der Waals surface area contributed by atoms with Crippen molar-refractivity contribution >= 4 is 44.6 Å². The average molecular weight is 972 g/mol. The number of hydrogen-bond donors (Lipinski definition) is 0. The van der Waals surface area contributed by atoms with Crippen LogP contribution in [0.15, 0.2) is 224 Å². The normalized spacial score (nSPS) is 18.5. The molecule has 360 valence electrons. The maximum Gasteiger partial charge on any atom is 0.311 e. The number of nitrogens with zero attached hydrogens (tertiary/aromatic N) is 3. The lowest BCUT2D eigenvalue weighted by molar-refractivity contribution is -0.135. The van der Waals surface area contributed by atoms with E-state index in [1.54, 1.807) is 0 Å². The van der Waals surface area contributed by atoms with Crippen LogP contribution in [-0.4, -0.2) is 26.9 Å². The van der Waals surface area contributed by atoms with Gasteiger partial charge < -0.3 is 9.47 Å². The first-order valence-corrected chi connectivity index (χ1v) is 25.9. The van der Waals surface area contributed by atoms with E-state index in [0.29, 0.717) is 37.2 Å². The van der Waals surface area contributed by atoms with Crippen LogP contribution in [0.5, 0.6) is 11.5 Å². The van der Waals surface area contributed by atoms with E-state index < -0.39 is 16.2 Å². The van der Waals surface area contributed by atoms with Crippen LogP contribution in [-0.2, 0) is 25.8 Å². The van der Waals surface area contributed by atoms with Crippen LogP contribution in [0.4, 0.5) is 0 Å². The minimum Gasteiger partial charge on any atom is -0.427 e. The van der Waals surface area contributed by atoms with Gasteiger partial charge in [-0.2, -0.15) is 0 Å². The molecule has 11 aromatic rings. The third-order valence-corrected chi connectivity index (χ3v) is 16.5. The molecule has 0 bridgehead atoms. The summed E-state index contributed by atoms with van der Waals surface area (Å²) in [6.07, 6.45) is 2.18. The molecule has 0 saturated carbocycles. The lowest BCUT2D eigenvalue weighted by Gasteiger charge is -2.47. The second-order valence-electron chi connectivity index (χ2n) is 20.5. The summed E-state index contributed by atoms with van der Waals surface area (Å²) >= 11 is 0. The van der Waals surface area contributed by atoms with Gasteiger partial charge in [-0.05, 0) is 120 Å². The molecule has 8 aromatic carbocycles. The predicted octanol–water partition coefficient (Wildman–Crippen LogP) is 15.1. The molecule has 0 saturated heterocycles. The van der Waals surface area contributed by atoms with Gasteiger partial charge in [-0.15, -0.1) is 0 Å². The van der Waals surface area contributed by atoms with Gasteiger partial charge >= 0.3 is 11.9 Å². The molecule has 75 heavy (non-hydrogen) atoms. The summed E-state index contributed by atoms with van der Waals surface area (Å²) in [5.74, 6) is 0.409. The lowest BCUT2D eigenvalue weighted by Crippen LogP contribution is -2.44. The van der Waals surface area contributed by atoms with Gasteiger partial charge in [0.1, 0.15) is 11.5 Å². The number of rotatable bonds is 12. The van der Waals surface area contributed by atoms with Crippen molar-refractivity contribution in [2.45, 2.75) is 54.8 Å². The first-order valence-electron chi connectivity index (χ1n) is 25.9. The molecule has 0 N–H and O–H groups in total. The summed E-state index contributed by atoms with van der Waals surface area (Å²) in [5.41, 5.74) is 12.9. The highest BCUT2D eigenvalue weighted by Gasteiger charge is 2.58. The Labute approximate surface area is 434 Å². The number of carbonyl (C=O) groups is 2. The van der Waals surface area contributed by atoms with Crippen LogP contribution < -0.4 is 9.47 Å². The number of carbonyl (C=O) groups excluding carboxylic acids is 2. The van der Waals surface area contributed by atoms with Crippen molar-refractivity contribution in [3.63, 3.8) is 0 Å². The Morgan fingerprint density at radius 3 is 1.03 bits per heavy atom. The third-order valence-electron chi connectivity index (χ3n) is 16.5. The minimum absolute atomic E-state index is 0.133. The smallest absolute Gasteiger partial charge is 0.311 e. The molecule has 0 fully saturated rings. The van der Waals surface area contributed by atoms with Crippen molar-refractivity contribution in [1.82, 2.24) is 15.0 Å². The number of para-hydroxylation sites is 5. The van der Waals surface area contributed by atoms with Crippen LogP contribution in [0.25, 0.3) is 66.5 Å². The first-order chi connectivity index (χ1) is 36.9. The highest BCUT2D eigenvalue weighted by atomic mass is 16.5. The molecule has 3 aliphatic carbocycles. The molecule has 0 aliphatic heterocycles. The van der Waals surface area contributed by atoms with E-state index in [-0.39, 0.29) is 24.8 Å². The fourth-order valence-corrected chi connectivity index (χ4v) is 13.4. The lowest BCUT2D eigenvalue weighted by atomic mass is 9.55. The number of fused-ring (bicyclic) bond motifs is 12. The van der Waals surface area contributed by atoms with Crippen LogP contribution >= 0.6 is 0 Å². The number of pyridine rings is 3. The van der Waals surface area contributed by atoms with Gasteiger partial charge in [0.15, 0.2) is 0 Å². The van der Waals surface area contributed by atoms with Gasteiger partial charge in [0, 0.05) is 61.9 Å². The van der Waals surface area contributed by atoms with E-state index in [2.05, 4.69) is 152 Å². The Hall–Kier alpha value is -9.07. The summed E-state index contributed by atoms with van der Waals surface area (Å²) in [5, 5.41) is 3.09. The first kappa shape index (κ1) is 44.6. The zero-order valence-electron chi connectivity index (χ0n) is 41.1. The second-order valence-corrected chi connectivity index (χ2v) is 20.5. The van der Waals surface area contributed by atoms with Gasteiger partial charge in [0.2, 0.25) is 0 Å². The summed E-state index contributed by atoms with van der Waals surface area (Å²) in [7, 11) is 0. The van der Waals surface area contributed by atoms with E-state index in [4.69, 9.17) is 24.4 Å². The molecular weight excluding hydrogens is 923 g/mol. The molecule has 0 spiro atoms. The van der Waals surface area contributed by atoms with Gasteiger partial charge in [0.25, 0.3) is 0 Å². The molecule has 2 unspecified atom stereocenters. The maximum atomic E-state index is 14.5. The van der Waals surface area contributed by atoms with Gasteiger partial charge in [-0.25, -0.2) is 15.0 Å². The Kier molecular flexibility index (Phi) is 10.4. The van der Waals surface area contributed by atoms with E-state index in [0.717, 1.165) is 99.9 Å². The maximum absolute atomic E-state index is 14.5. The van der Waals surface area contributed by atoms with Crippen LogP contribution in [0.3, 0.4) is 0 Å². The predicted molar refractivity (Wildman–Crippen MR) is 296 cm³/mol. The summed E-state index contributed by atoms with van der Waals surface area (Å²) in [4.78, 5) is 45.6. The van der Waals surface area contributed by atoms with Crippen molar-refractivity contribution in [2.24, 2.45) is 0 Å². The molecule has 7 nitrogen and oxygen atoms in total.